The summed E-state index contributed by atoms with van der Waals surface area (Å²) in [7, 11) is 0. The molecule has 22 heavy (non-hydrogen) atoms. The van der Waals surface area contributed by atoms with E-state index in [1.54, 1.807) is 17.5 Å². The van der Waals surface area contributed by atoms with E-state index < -0.39 is 0 Å². The smallest absolute Gasteiger partial charge is 0.317 e. The molecule has 0 aromatic carbocycles. The van der Waals surface area contributed by atoms with E-state index in [1.807, 2.05) is 29.5 Å². The van der Waals surface area contributed by atoms with Gasteiger partial charge in [-0.2, -0.15) is 11.3 Å². The van der Waals surface area contributed by atoms with Gasteiger partial charge in [0.05, 0.1) is 17.9 Å². The number of carbonyl (C=O) groups is 1. The number of hydrogen-bond acceptors (Lipinski definition) is 4. The molecule has 1 saturated heterocycles. The van der Waals surface area contributed by atoms with Crippen LogP contribution in [0, 0.1) is 0 Å². The minimum Gasteiger partial charge on any atom is -0.367 e. The van der Waals surface area contributed by atoms with Crippen molar-refractivity contribution in [2.45, 2.75) is 13.0 Å². The van der Waals surface area contributed by atoms with Gasteiger partial charge in [0.25, 0.3) is 0 Å². The number of anilines is 1. The number of urea groups is 1. The van der Waals surface area contributed by atoms with E-state index in [0.717, 1.165) is 37.4 Å². The quantitative estimate of drug-likeness (QED) is 0.947. The van der Waals surface area contributed by atoms with E-state index in [9.17, 15) is 4.79 Å². The van der Waals surface area contributed by atoms with Crippen molar-refractivity contribution in [1.82, 2.24) is 15.2 Å². The molecule has 3 rings (SSSR count). The molecule has 6 heteroatoms. The highest BCUT2D eigenvalue weighted by Crippen LogP contribution is 2.17. The Morgan fingerprint density at radius 2 is 2.14 bits per heavy atom. The van der Waals surface area contributed by atoms with Gasteiger partial charge >= 0.3 is 6.03 Å². The second-order valence-corrected chi connectivity index (χ2v) is 6.19. The van der Waals surface area contributed by atoms with Crippen molar-refractivity contribution < 1.29 is 4.79 Å². The van der Waals surface area contributed by atoms with E-state index in [-0.39, 0.29) is 12.1 Å². The number of rotatable bonds is 3. The van der Waals surface area contributed by atoms with Gasteiger partial charge in [-0.15, -0.1) is 0 Å². The molecule has 0 bridgehead atoms. The van der Waals surface area contributed by atoms with Crippen molar-refractivity contribution in [3.05, 3.63) is 46.9 Å². The molecule has 0 radical (unpaired) electrons. The van der Waals surface area contributed by atoms with Crippen LogP contribution in [0.1, 0.15) is 18.5 Å². The lowest BCUT2D eigenvalue weighted by molar-refractivity contribution is 0.191. The van der Waals surface area contributed by atoms with Gasteiger partial charge in [-0.1, -0.05) is 0 Å². The summed E-state index contributed by atoms with van der Waals surface area (Å²) in [6.07, 6.45) is 3.65. The van der Waals surface area contributed by atoms with Crippen molar-refractivity contribution >= 4 is 23.1 Å². The van der Waals surface area contributed by atoms with Crippen molar-refractivity contribution in [2.75, 3.05) is 31.1 Å². The SMILES string of the molecule is C[C@@H](NC(=O)N1CCN(c2cccnc2)CC1)c1ccsc1. The maximum Gasteiger partial charge on any atom is 0.317 e. The zero-order valence-corrected chi connectivity index (χ0v) is 13.4. The number of amides is 2. The topological polar surface area (TPSA) is 48.5 Å². The molecule has 1 N–H and O–H groups in total. The molecule has 0 saturated carbocycles. The molecule has 5 nitrogen and oxygen atoms in total. The first-order valence-electron chi connectivity index (χ1n) is 7.46. The van der Waals surface area contributed by atoms with Crippen LogP contribution in [-0.2, 0) is 0 Å². The molecule has 1 fully saturated rings. The lowest BCUT2D eigenvalue weighted by Crippen LogP contribution is -2.52. The van der Waals surface area contributed by atoms with Gasteiger partial charge in [-0.05, 0) is 41.4 Å². The van der Waals surface area contributed by atoms with Crippen LogP contribution >= 0.6 is 11.3 Å². The molecule has 2 aromatic heterocycles. The van der Waals surface area contributed by atoms with Gasteiger partial charge in [0, 0.05) is 32.4 Å². The third-order valence-electron chi connectivity index (χ3n) is 3.96. The Kier molecular flexibility index (Phi) is 4.58. The largest absolute Gasteiger partial charge is 0.367 e. The van der Waals surface area contributed by atoms with Crippen LogP contribution in [0.15, 0.2) is 41.4 Å². The predicted octanol–water partition coefficient (Wildman–Crippen LogP) is 2.74. The van der Waals surface area contributed by atoms with Crippen molar-refractivity contribution in [1.29, 1.82) is 0 Å². The van der Waals surface area contributed by atoms with E-state index in [0.29, 0.717) is 0 Å². The van der Waals surface area contributed by atoms with Crippen LogP contribution in [-0.4, -0.2) is 42.1 Å². The molecule has 2 amide bonds. The molecule has 1 aliphatic rings. The Morgan fingerprint density at radius 1 is 1.32 bits per heavy atom. The lowest BCUT2D eigenvalue weighted by Gasteiger charge is -2.36. The van der Waals surface area contributed by atoms with Gasteiger partial charge in [-0.3, -0.25) is 4.98 Å². The molecule has 0 aliphatic carbocycles. The summed E-state index contributed by atoms with van der Waals surface area (Å²) in [4.78, 5) is 20.6. The number of nitrogens with one attached hydrogen (secondary N) is 1. The summed E-state index contributed by atoms with van der Waals surface area (Å²) in [5.41, 5.74) is 2.28. The fraction of sp³-hybridized carbons (Fsp3) is 0.375. The second-order valence-electron chi connectivity index (χ2n) is 5.41. The van der Waals surface area contributed by atoms with E-state index in [2.05, 4.69) is 32.7 Å². The van der Waals surface area contributed by atoms with Crippen LogP contribution in [0.5, 0.6) is 0 Å². The fourth-order valence-electron chi connectivity index (χ4n) is 2.59. The standard InChI is InChI=1S/C16H20N4OS/c1-13(14-4-10-22-12-14)18-16(21)20-8-6-19(7-9-20)15-3-2-5-17-11-15/h2-5,10-13H,6-9H2,1H3,(H,18,21)/t13-/m1/s1. The van der Waals surface area contributed by atoms with Crippen molar-refractivity contribution in [3.63, 3.8) is 0 Å². The van der Waals surface area contributed by atoms with Crippen LogP contribution in [0.3, 0.4) is 0 Å². The number of aromatic nitrogens is 1. The van der Waals surface area contributed by atoms with E-state index in [4.69, 9.17) is 0 Å². The summed E-state index contributed by atoms with van der Waals surface area (Å²) in [6.45, 7) is 5.16. The molecule has 116 valence electrons. The third kappa shape index (κ3) is 3.39. The molecule has 1 atom stereocenters. The highest BCUT2D eigenvalue weighted by Gasteiger charge is 2.22. The summed E-state index contributed by atoms with van der Waals surface area (Å²) in [5.74, 6) is 0. The van der Waals surface area contributed by atoms with Gasteiger partial charge < -0.3 is 15.1 Å². The fourth-order valence-corrected chi connectivity index (χ4v) is 3.34. The van der Waals surface area contributed by atoms with Gasteiger partial charge in [0.1, 0.15) is 0 Å². The van der Waals surface area contributed by atoms with E-state index >= 15 is 0 Å². The molecular formula is C16H20N4OS. The lowest BCUT2D eigenvalue weighted by atomic mass is 10.2. The molecular weight excluding hydrogens is 296 g/mol. The zero-order chi connectivity index (χ0) is 15.4. The Morgan fingerprint density at radius 3 is 2.77 bits per heavy atom. The first-order valence-corrected chi connectivity index (χ1v) is 8.41. The highest BCUT2D eigenvalue weighted by molar-refractivity contribution is 7.07. The highest BCUT2D eigenvalue weighted by atomic mass is 32.1. The zero-order valence-electron chi connectivity index (χ0n) is 12.6. The van der Waals surface area contributed by atoms with E-state index in [1.165, 1.54) is 0 Å². The Balaban J connectivity index is 1.52. The second kappa shape index (κ2) is 6.79. The average Bonchev–Trinajstić information content (AvgIpc) is 3.10. The summed E-state index contributed by atoms with van der Waals surface area (Å²) in [6, 6.07) is 6.12. The number of pyridine rings is 1. The summed E-state index contributed by atoms with van der Waals surface area (Å²) in [5, 5.41) is 7.18. The Labute approximate surface area is 134 Å². The Bertz CT molecular complexity index is 594. The molecule has 0 spiro atoms. The van der Waals surface area contributed by atoms with Crippen LogP contribution in [0.4, 0.5) is 10.5 Å². The van der Waals surface area contributed by atoms with Crippen LogP contribution in [0.25, 0.3) is 0 Å². The maximum absolute atomic E-state index is 12.3. The minimum atomic E-state index is 0.0181. The number of piperazine rings is 1. The normalized spacial score (nSPS) is 16.4. The average molecular weight is 316 g/mol. The summed E-state index contributed by atoms with van der Waals surface area (Å²) < 4.78 is 0. The molecule has 3 heterocycles. The molecule has 1 aliphatic heterocycles. The third-order valence-corrected chi connectivity index (χ3v) is 4.66. The first kappa shape index (κ1) is 14.8. The minimum absolute atomic E-state index is 0.0181. The van der Waals surface area contributed by atoms with Crippen LogP contribution < -0.4 is 10.2 Å². The first-order chi connectivity index (χ1) is 10.7. The molecule has 2 aromatic rings. The Hall–Kier alpha value is -2.08. The maximum atomic E-state index is 12.3. The number of nitrogens with zero attached hydrogens (tertiary/aromatic N) is 3. The number of hydrogen-bond donors (Lipinski definition) is 1. The summed E-state index contributed by atoms with van der Waals surface area (Å²) >= 11 is 1.65. The van der Waals surface area contributed by atoms with Gasteiger partial charge in [-0.25, -0.2) is 4.79 Å². The monoisotopic (exact) mass is 316 g/mol. The van der Waals surface area contributed by atoms with Gasteiger partial charge in [0.2, 0.25) is 0 Å². The van der Waals surface area contributed by atoms with Crippen molar-refractivity contribution in [2.24, 2.45) is 0 Å². The predicted molar refractivity (Wildman–Crippen MR) is 89.3 cm³/mol. The number of thiophene rings is 1. The molecule has 0 unspecified atom stereocenters. The van der Waals surface area contributed by atoms with Crippen LogP contribution in [0.2, 0.25) is 0 Å². The van der Waals surface area contributed by atoms with Gasteiger partial charge in [0.15, 0.2) is 0 Å². The van der Waals surface area contributed by atoms with Crippen molar-refractivity contribution in [3.8, 4) is 0 Å². The number of carbonyl (C=O) groups excluding carboxylic acids is 1.